The number of nitrogens with zero attached hydrogens (tertiary/aromatic N) is 3. The Hall–Kier alpha value is -2.81. The summed E-state index contributed by atoms with van der Waals surface area (Å²) in [5.41, 5.74) is 8.32. The Balaban J connectivity index is 1.80. The van der Waals surface area contributed by atoms with Crippen molar-refractivity contribution in [2.24, 2.45) is 5.73 Å². The van der Waals surface area contributed by atoms with Gasteiger partial charge in [-0.3, -0.25) is 14.3 Å². The van der Waals surface area contributed by atoms with Gasteiger partial charge in [0.15, 0.2) is 0 Å². The summed E-state index contributed by atoms with van der Waals surface area (Å²) in [6, 6.07) is 0. The number of primary amides is 1. The molecule has 152 valence electrons. The van der Waals surface area contributed by atoms with Crippen molar-refractivity contribution >= 4 is 5.91 Å². The number of carbonyl (C=O) groups excluding carboxylic acids is 1. The molecule has 1 atom stereocenters. The molecule has 28 heavy (non-hydrogen) atoms. The topological polar surface area (TPSA) is 129 Å². The Labute approximate surface area is 163 Å². The molecule has 2 heterocycles. The molecular formula is C19H26N4O5. The lowest BCUT2D eigenvalue weighted by Gasteiger charge is -2.39. The Kier molecular flexibility index (Phi) is 4.97. The molecule has 0 fully saturated rings. The van der Waals surface area contributed by atoms with Crippen molar-refractivity contribution in [1.82, 2.24) is 10.1 Å². The van der Waals surface area contributed by atoms with Gasteiger partial charge in [-0.2, -0.15) is 0 Å². The second-order valence-electron chi connectivity index (χ2n) is 7.85. The van der Waals surface area contributed by atoms with E-state index in [-0.39, 0.29) is 22.8 Å². The molecule has 0 saturated heterocycles. The molecule has 9 heteroatoms. The third-order valence-electron chi connectivity index (χ3n) is 5.53. The summed E-state index contributed by atoms with van der Waals surface area (Å²) < 4.78 is 10.9. The van der Waals surface area contributed by atoms with Crippen LogP contribution in [0.4, 0.5) is 0 Å². The first kappa shape index (κ1) is 19.9. The smallest absolute Gasteiger partial charge is 0.297 e. The van der Waals surface area contributed by atoms with Gasteiger partial charge in [-0.1, -0.05) is 0 Å². The molecule has 0 aliphatic carbocycles. The Bertz CT molecular complexity index is 939. The van der Waals surface area contributed by atoms with Gasteiger partial charge in [0.05, 0.1) is 6.54 Å². The van der Waals surface area contributed by atoms with Gasteiger partial charge in [0.25, 0.3) is 11.6 Å². The van der Waals surface area contributed by atoms with Gasteiger partial charge in [-0.05, 0) is 69.2 Å². The lowest BCUT2D eigenvalue weighted by atomic mass is 9.87. The second-order valence-corrected chi connectivity index (χ2v) is 7.85. The third kappa shape index (κ3) is 3.37. The number of likely N-dealkylation sites (N-methyl/N-ethyl adjacent to an activating group) is 1. The van der Waals surface area contributed by atoms with Gasteiger partial charge in [0, 0.05) is 17.3 Å². The van der Waals surface area contributed by atoms with E-state index >= 15 is 0 Å². The summed E-state index contributed by atoms with van der Waals surface area (Å²) in [6.45, 7) is 8.52. The van der Waals surface area contributed by atoms with Crippen molar-refractivity contribution in [3.8, 4) is 11.5 Å². The van der Waals surface area contributed by atoms with Gasteiger partial charge in [-0.25, -0.2) is 0 Å². The molecule has 0 radical (unpaired) electrons. The highest BCUT2D eigenvalue weighted by atomic mass is 16.8. The number of hydrogen-bond donors (Lipinski definition) is 2. The fourth-order valence-corrected chi connectivity index (χ4v) is 3.90. The lowest BCUT2D eigenvalue weighted by Crippen LogP contribution is -2.46. The molecule has 9 nitrogen and oxygen atoms in total. The van der Waals surface area contributed by atoms with E-state index in [9.17, 15) is 15.1 Å². The van der Waals surface area contributed by atoms with Crippen LogP contribution in [-0.4, -0.2) is 40.3 Å². The summed E-state index contributed by atoms with van der Waals surface area (Å²) >= 11 is 0. The van der Waals surface area contributed by atoms with E-state index in [4.69, 9.17) is 10.5 Å². The van der Waals surface area contributed by atoms with Crippen molar-refractivity contribution in [3.63, 3.8) is 0 Å². The number of carbonyl (C=O) groups is 1. The number of phenolic OH excluding ortho intramolecular Hbond substituents is 1. The summed E-state index contributed by atoms with van der Waals surface area (Å²) in [5, 5.41) is 25.5. The number of fused-ring (bicyclic) bond motifs is 1. The molecule has 0 saturated carbocycles. The Morgan fingerprint density at radius 1 is 1.36 bits per heavy atom. The third-order valence-corrected chi connectivity index (χ3v) is 5.53. The van der Waals surface area contributed by atoms with Crippen LogP contribution >= 0.6 is 0 Å². The molecule has 1 aliphatic heterocycles. The molecule has 1 aliphatic rings. The van der Waals surface area contributed by atoms with Gasteiger partial charge in [0.2, 0.25) is 5.69 Å². The summed E-state index contributed by atoms with van der Waals surface area (Å²) in [6.07, 6.45) is 1.55. The van der Waals surface area contributed by atoms with E-state index < -0.39 is 11.5 Å². The van der Waals surface area contributed by atoms with E-state index in [2.05, 4.69) is 9.79 Å². The monoisotopic (exact) mass is 390 g/mol. The first-order valence-electron chi connectivity index (χ1n) is 9.11. The SMILES string of the molecule is Cc1c(C)c2c(c(C)c1O)CCC(C)(CN(C)Cc1no[n+]([O-])c1C(N)=O)O2. The zero-order valence-electron chi connectivity index (χ0n) is 16.8. The number of benzene rings is 1. The molecule has 1 unspecified atom stereocenters. The number of hydrogen-bond acceptors (Lipinski definition) is 7. The van der Waals surface area contributed by atoms with E-state index in [1.807, 2.05) is 39.6 Å². The van der Waals surface area contributed by atoms with Gasteiger partial charge < -0.3 is 20.8 Å². The number of aromatic hydroxyl groups is 1. The fourth-order valence-electron chi connectivity index (χ4n) is 3.90. The minimum Gasteiger partial charge on any atom is -0.507 e. The first-order valence-corrected chi connectivity index (χ1v) is 9.11. The van der Waals surface area contributed by atoms with Crippen LogP contribution < -0.4 is 15.4 Å². The van der Waals surface area contributed by atoms with E-state index in [0.717, 1.165) is 40.8 Å². The molecule has 3 N–H and O–H groups in total. The maximum absolute atomic E-state index is 11.5. The standard InChI is InChI=1S/C19H26N4O5/c1-10-11(2)17-13(12(3)16(10)24)6-7-19(4,27-17)9-22(5)8-14-15(18(20)25)23(26)28-21-14/h24H,6-9H2,1-5H3,(H2,20,25). The van der Waals surface area contributed by atoms with E-state index in [0.29, 0.717) is 12.3 Å². The van der Waals surface area contributed by atoms with Crippen molar-refractivity contribution in [1.29, 1.82) is 0 Å². The average molecular weight is 390 g/mol. The van der Waals surface area contributed by atoms with Crippen LogP contribution in [0.15, 0.2) is 4.63 Å². The van der Waals surface area contributed by atoms with Crippen LogP contribution in [0.1, 0.15) is 51.8 Å². The molecule has 1 aromatic heterocycles. The van der Waals surface area contributed by atoms with Crippen molar-refractivity contribution < 1.29 is 24.2 Å². The number of phenols is 1. The highest BCUT2D eigenvalue weighted by Crippen LogP contribution is 2.43. The summed E-state index contributed by atoms with van der Waals surface area (Å²) in [4.78, 5) is 13.4. The minimum atomic E-state index is -0.880. The maximum Gasteiger partial charge on any atom is 0.297 e. The van der Waals surface area contributed by atoms with Crippen molar-refractivity contribution in [2.45, 2.75) is 52.7 Å². The molecule has 2 aromatic rings. The lowest BCUT2D eigenvalue weighted by molar-refractivity contribution is -0.803. The minimum absolute atomic E-state index is 0.0297. The quantitative estimate of drug-likeness (QED) is 0.735. The number of aromatic nitrogens is 2. The molecule has 0 bridgehead atoms. The first-order chi connectivity index (χ1) is 13.0. The Morgan fingerprint density at radius 2 is 2.04 bits per heavy atom. The van der Waals surface area contributed by atoms with E-state index in [1.54, 1.807) is 0 Å². The van der Waals surface area contributed by atoms with Crippen LogP contribution in [0.3, 0.4) is 0 Å². The van der Waals surface area contributed by atoms with Gasteiger partial charge in [-0.15, -0.1) is 0 Å². The largest absolute Gasteiger partial charge is 0.507 e. The number of nitrogens with two attached hydrogens (primary N) is 1. The summed E-state index contributed by atoms with van der Waals surface area (Å²) in [5.74, 6) is 0.276. The van der Waals surface area contributed by atoms with Crippen LogP contribution in [-0.2, 0) is 13.0 Å². The molecule has 3 rings (SSSR count). The zero-order valence-corrected chi connectivity index (χ0v) is 16.8. The van der Waals surface area contributed by atoms with Crippen LogP contribution in [0, 0.1) is 26.0 Å². The highest BCUT2D eigenvalue weighted by Gasteiger charge is 2.36. The normalized spacial score (nSPS) is 18.8. The predicted octanol–water partition coefficient (Wildman–Crippen LogP) is 1.25. The molecule has 1 aromatic carbocycles. The van der Waals surface area contributed by atoms with Crippen LogP contribution in [0.5, 0.6) is 11.5 Å². The zero-order chi connectivity index (χ0) is 20.8. The molecule has 1 amide bonds. The average Bonchev–Trinajstić information content (AvgIpc) is 2.97. The van der Waals surface area contributed by atoms with Gasteiger partial charge in [0.1, 0.15) is 17.1 Å². The number of ether oxygens (including phenoxy) is 1. The Morgan fingerprint density at radius 3 is 2.68 bits per heavy atom. The molecular weight excluding hydrogens is 364 g/mol. The summed E-state index contributed by atoms with van der Waals surface area (Å²) in [7, 11) is 1.85. The number of rotatable bonds is 5. The maximum atomic E-state index is 11.5. The molecule has 0 spiro atoms. The highest BCUT2D eigenvalue weighted by molar-refractivity contribution is 5.90. The van der Waals surface area contributed by atoms with Crippen LogP contribution in [0.2, 0.25) is 0 Å². The van der Waals surface area contributed by atoms with E-state index in [1.165, 1.54) is 0 Å². The van der Waals surface area contributed by atoms with Gasteiger partial charge >= 0.3 is 0 Å². The fraction of sp³-hybridized carbons (Fsp3) is 0.526. The second kappa shape index (κ2) is 6.97. The van der Waals surface area contributed by atoms with Crippen molar-refractivity contribution in [2.75, 3.05) is 13.6 Å². The number of amides is 1. The predicted molar refractivity (Wildman–Crippen MR) is 100.0 cm³/mol. The van der Waals surface area contributed by atoms with Crippen LogP contribution in [0.25, 0.3) is 0 Å². The van der Waals surface area contributed by atoms with Crippen molar-refractivity contribution in [3.05, 3.63) is 38.8 Å².